The van der Waals surface area contributed by atoms with Crippen LogP contribution >= 0.6 is 0 Å². The van der Waals surface area contributed by atoms with Gasteiger partial charge in [-0.05, 0) is 43.9 Å². The van der Waals surface area contributed by atoms with Gasteiger partial charge in [0.1, 0.15) is 6.07 Å². The van der Waals surface area contributed by atoms with Gasteiger partial charge in [0.2, 0.25) is 0 Å². The molecule has 8 nitrogen and oxygen atoms in total. The van der Waals surface area contributed by atoms with Crippen LogP contribution in [0.4, 0.5) is 0 Å². The number of ether oxygens (including phenoxy) is 1. The highest BCUT2D eigenvalue weighted by Crippen LogP contribution is 2.40. The van der Waals surface area contributed by atoms with E-state index in [1.54, 1.807) is 18.6 Å². The summed E-state index contributed by atoms with van der Waals surface area (Å²) in [5.41, 5.74) is 7.20. The fraction of sp³-hybridized carbons (Fsp3) is 0.522. The second-order valence-electron chi connectivity index (χ2n) is 8.94. The van der Waals surface area contributed by atoms with Crippen LogP contribution in [0, 0.1) is 11.3 Å². The van der Waals surface area contributed by atoms with Crippen LogP contribution in [0.3, 0.4) is 0 Å². The third kappa shape index (κ3) is 4.03. The van der Waals surface area contributed by atoms with Crippen molar-refractivity contribution in [2.24, 2.45) is 5.73 Å². The lowest BCUT2D eigenvalue weighted by Crippen LogP contribution is -2.50. The summed E-state index contributed by atoms with van der Waals surface area (Å²) >= 11 is 0. The number of hydrogen-bond acceptors (Lipinski definition) is 7. The summed E-state index contributed by atoms with van der Waals surface area (Å²) < 4.78 is 5.71. The molecule has 1 aromatic rings. The Bertz CT molecular complexity index is 943. The zero-order valence-electron chi connectivity index (χ0n) is 18.1. The molecule has 3 heterocycles. The smallest absolute Gasteiger partial charge is 0.257 e. The van der Waals surface area contributed by atoms with Crippen LogP contribution in [-0.2, 0) is 9.53 Å². The van der Waals surface area contributed by atoms with Crippen LogP contribution in [0.1, 0.15) is 44.6 Å². The van der Waals surface area contributed by atoms with Gasteiger partial charge < -0.3 is 26.0 Å². The molecule has 1 aromatic heterocycles. The van der Waals surface area contributed by atoms with Crippen LogP contribution in [0.25, 0.3) is 5.57 Å². The molecule has 0 aromatic carbocycles. The maximum Gasteiger partial charge on any atom is 0.257 e. The molecule has 31 heavy (non-hydrogen) atoms. The molecule has 2 aliphatic heterocycles. The van der Waals surface area contributed by atoms with Crippen molar-refractivity contribution in [1.29, 1.82) is 5.26 Å². The van der Waals surface area contributed by atoms with Crippen LogP contribution < -0.4 is 16.4 Å². The number of pyridine rings is 1. The summed E-state index contributed by atoms with van der Waals surface area (Å²) in [4.78, 5) is 19.6. The molecule has 164 valence electrons. The number of nitrogens with zero attached hydrogens (tertiary/aromatic N) is 3. The molecule has 0 spiro atoms. The summed E-state index contributed by atoms with van der Waals surface area (Å²) in [5.74, 6) is -0.144. The van der Waals surface area contributed by atoms with Gasteiger partial charge >= 0.3 is 0 Å². The third-order valence-electron chi connectivity index (χ3n) is 6.45. The second-order valence-corrected chi connectivity index (χ2v) is 8.94. The topological polar surface area (TPSA) is 116 Å². The van der Waals surface area contributed by atoms with Crippen molar-refractivity contribution in [3.05, 3.63) is 47.6 Å². The lowest BCUT2D eigenvalue weighted by atomic mass is 9.88. The highest BCUT2D eigenvalue weighted by atomic mass is 16.5. The normalized spacial score (nSPS) is 28.8. The number of hydrogen-bond donors (Lipinski definition) is 3. The molecule has 1 aliphatic carbocycles. The molecule has 8 heteroatoms. The summed E-state index contributed by atoms with van der Waals surface area (Å²) in [6, 6.07) is 6.12. The minimum Gasteiger partial charge on any atom is -0.369 e. The van der Waals surface area contributed by atoms with E-state index in [0.29, 0.717) is 29.9 Å². The Kier molecular flexibility index (Phi) is 5.73. The van der Waals surface area contributed by atoms with Crippen molar-refractivity contribution in [3.63, 3.8) is 0 Å². The molecule has 3 aliphatic rings. The van der Waals surface area contributed by atoms with E-state index in [1.165, 1.54) is 7.11 Å². The van der Waals surface area contributed by atoms with E-state index >= 15 is 0 Å². The van der Waals surface area contributed by atoms with E-state index in [4.69, 9.17) is 10.5 Å². The molecule has 1 amide bonds. The lowest BCUT2D eigenvalue weighted by molar-refractivity contribution is -0.118. The second kappa shape index (κ2) is 8.33. The van der Waals surface area contributed by atoms with Crippen LogP contribution in [0.5, 0.6) is 0 Å². The molecule has 2 atom stereocenters. The Hall–Kier alpha value is -2.89. The minimum atomic E-state index is -1.43. The van der Waals surface area contributed by atoms with E-state index < -0.39 is 5.72 Å². The Balaban J connectivity index is 1.85. The first-order valence-corrected chi connectivity index (χ1v) is 10.8. The molecule has 1 unspecified atom stereocenters. The van der Waals surface area contributed by atoms with Crippen molar-refractivity contribution < 1.29 is 9.53 Å². The maximum absolute atomic E-state index is 13.4. The van der Waals surface area contributed by atoms with Crippen molar-refractivity contribution >= 4 is 11.5 Å². The van der Waals surface area contributed by atoms with Gasteiger partial charge in [0.25, 0.3) is 11.6 Å². The standard InChI is InChI=1S/C23H30N6O2/c1-22(25)9-12-29(15-22)20-18(21(30)28-17-5-3-4-6-17)13-27-23(14-24,31-2)19(20)16-7-10-26-11-8-16/h7-8,10-11,13,17,27H,3-6,9,12,15,25H2,1-2H3,(H,28,30)/t22-,23?/m0/s1. The van der Waals surface area contributed by atoms with E-state index in [-0.39, 0.29) is 17.5 Å². The van der Waals surface area contributed by atoms with Crippen LogP contribution in [-0.4, -0.2) is 53.3 Å². The maximum atomic E-state index is 13.4. The third-order valence-corrected chi connectivity index (χ3v) is 6.45. The van der Waals surface area contributed by atoms with Gasteiger partial charge in [-0.25, -0.2) is 0 Å². The lowest BCUT2D eigenvalue weighted by Gasteiger charge is -2.38. The van der Waals surface area contributed by atoms with E-state index in [2.05, 4.69) is 26.6 Å². The number of amides is 1. The fourth-order valence-electron chi connectivity index (χ4n) is 4.78. The number of likely N-dealkylation sites (tertiary alicyclic amines) is 1. The minimum absolute atomic E-state index is 0.144. The van der Waals surface area contributed by atoms with Gasteiger partial charge in [-0.2, -0.15) is 5.26 Å². The number of methoxy groups -OCH3 is 1. The molecular weight excluding hydrogens is 392 g/mol. The molecule has 2 fully saturated rings. The van der Waals surface area contributed by atoms with Gasteiger partial charge in [0.05, 0.1) is 16.8 Å². The monoisotopic (exact) mass is 422 g/mol. The van der Waals surface area contributed by atoms with Gasteiger partial charge in [0, 0.05) is 50.4 Å². The SMILES string of the molecule is COC1(C#N)NC=C(C(=O)NC2CCCC2)C(N2CC[C@](C)(N)C2)=C1c1ccncc1. The number of rotatable bonds is 5. The predicted octanol–water partition coefficient (Wildman–Crippen LogP) is 1.63. The first-order chi connectivity index (χ1) is 14.9. The Morgan fingerprint density at radius 2 is 2.10 bits per heavy atom. The zero-order chi connectivity index (χ0) is 22.1. The Morgan fingerprint density at radius 3 is 2.68 bits per heavy atom. The summed E-state index contributed by atoms with van der Waals surface area (Å²) in [5, 5.41) is 16.4. The van der Waals surface area contributed by atoms with Gasteiger partial charge in [-0.1, -0.05) is 12.8 Å². The molecule has 4 rings (SSSR count). The number of carbonyl (C=O) groups is 1. The Labute approximate surface area is 183 Å². The Morgan fingerprint density at radius 1 is 1.39 bits per heavy atom. The number of nitrogens with two attached hydrogens (primary N) is 1. The first kappa shape index (κ1) is 21.3. The number of aromatic nitrogens is 1. The van der Waals surface area contributed by atoms with Crippen LogP contribution in [0.2, 0.25) is 0 Å². The molecule has 1 saturated heterocycles. The number of nitriles is 1. The molecular formula is C23H30N6O2. The van der Waals surface area contributed by atoms with E-state index in [0.717, 1.165) is 37.7 Å². The molecule has 0 bridgehead atoms. The summed E-state index contributed by atoms with van der Waals surface area (Å²) in [6.45, 7) is 3.28. The van der Waals surface area contributed by atoms with Crippen molar-refractivity contribution in [2.45, 2.75) is 56.3 Å². The molecule has 0 radical (unpaired) electrons. The molecule has 1 saturated carbocycles. The highest BCUT2D eigenvalue weighted by molar-refractivity contribution is 6.02. The van der Waals surface area contributed by atoms with Gasteiger partial charge in [-0.3, -0.25) is 9.78 Å². The average molecular weight is 423 g/mol. The van der Waals surface area contributed by atoms with E-state index in [9.17, 15) is 10.1 Å². The zero-order valence-corrected chi connectivity index (χ0v) is 18.1. The largest absolute Gasteiger partial charge is 0.369 e. The predicted molar refractivity (Wildman–Crippen MR) is 117 cm³/mol. The van der Waals surface area contributed by atoms with Gasteiger partial charge in [0.15, 0.2) is 0 Å². The summed E-state index contributed by atoms with van der Waals surface area (Å²) in [6.07, 6.45) is 10.00. The van der Waals surface area contributed by atoms with E-state index in [1.807, 2.05) is 19.1 Å². The van der Waals surface area contributed by atoms with Crippen molar-refractivity contribution in [1.82, 2.24) is 20.5 Å². The molecule has 4 N–H and O–H groups in total. The average Bonchev–Trinajstić information content (AvgIpc) is 3.42. The highest BCUT2D eigenvalue weighted by Gasteiger charge is 2.45. The van der Waals surface area contributed by atoms with Gasteiger partial charge in [-0.15, -0.1) is 0 Å². The fourth-order valence-corrected chi connectivity index (χ4v) is 4.78. The van der Waals surface area contributed by atoms with Crippen LogP contribution in [0.15, 0.2) is 42.0 Å². The first-order valence-electron chi connectivity index (χ1n) is 10.8. The van der Waals surface area contributed by atoms with Crippen molar-refractivity contribution in [3.8, 4) is 6.07 Å². The quantitative estimate of drug-likeness (QED) is 0.660. The number of carbonyl (C=O) groups excluding carboxylic acids is 1. The van der Waals surface area contributed by atoms with Crippen molar-refractivity contribution in [2.75, 3.05) is 20.2 Å². The number of nitrogens with one attached hydrogen (secondary N) is 2. The summed E-state index contributed by atoms with van der Waals surface area (Å²) in [7, 11) is 1.49. The number of dihydropyridines is 1.